The van der Waals surface area contributed by atoms with Crippen molar-refractivity contribution in [2.75, 3.05) is 12.0 Å². The molecule has 3 rings (SSSR count). The van der Waals surface area contributed by atoms with E-state index in [1.165, 1.54) is 43.5 Å². The van der Waals surface area contributed by atoms with Crippen molar-refractivity contribution in [3.05, 3.63) is 41.4 Å². The molecule has 0 spiro atoms. The minimum absolute atomic E-state index is 0.182. The molecule has 9 nitrogen and oxygen atoms in total. The van der Waals surface area contributed by atoms with Gasteiger partial charge in [0.25, 0.3) is 5.91 Å². The van der Waals surface area contributed by atoms with E-state index in [1.807, 2.05) is 0 Å². The molecule has 0 unspecified atom stereocenters. The lowest BCUT2D eigenvalue weighted by atomic mass is 10.1. The van der Waals surface area contributed by atoms with Crippen LogP contribution < -0.4 is 15.0 Å². The smallest absolute Gasteiger partial charge is 0.335 e. The summed E-state index contributed by atoms with van der Waals surface area (Å²) in [7, 11) is 1.44. The van der Waals surface area contributed by atoms with Crippen molar-refractivity contribution >= 4 is 47.2 Å². The molecular weight excluding hydrogens is 362 g/mol. The number of benzene rings is 1. The van der Waals surface area contributed by atoms with Gasteiger partial charge >= 0.3 is 6.03 Å². The van der Waals surface area contributed by atoms with Crippen molar-refractivity contribution in [2.45, 2.75) is 0 Å². The molecule has 1 aromatic heterocycles. The molecule has 1 aromatic carbocycles. The third-order valence-electron chi connectivity index (χ3n) is 3.48. The van der Waals surface area contributed by atoms with Gasteiger partial charge in [-0.2, -0.15) is 0 Å². The first kappa shape index (κ1) is 17.5. The molecule has 0 saturated carbocycles. The molecule has 2 aromatic rings. The number of hydrogen-bond acceptors (Lipinski definition) is 7. The summed E-state index contributed by atoms with van der Waals surface area (Å²) in [5, 5.41) is 10.1. The van der Waals surface area contributed by atoms with E-state index >= 15 is 0 Å². The van der Waals surface area contributed by atoms with Crippen LogP contribution in [0.15, 0.2) is 41.4 Å². The van der Waals surface area contributed by atoms with E-state index in [2.05, 4.69) is 20.5 Å². The van der Waals surface area contributed by atoms with Crippen LogP contribution in [0.4, 0.5) is 16.3 Å². The molecule has 0 bridgehead atoms. The van der Waals surface area contributed by atoms with Crippen LogP contribution in [-0.2, 0) is 9.59 Å². The Labute approximate surface area is 152 Å². The molecule has 1 N–H and O–H groups in total. The number of ether oxygens (including phenoxy) is 1. The van der Waals surface area contributed by atoms with Crippen molar-refractivity contribution < 1.29 is 19.1 Å². The Bertz CT molecular complexity index is 883. The van der Waals surface area contributed by atoms with Gasteiger partial charge in [0.1, 0.15) is 0 Å². The van der Waals surface area contributed by atoms with E-state index in [0.29, 0.717) is 10.9 Å². The predicted molar refractivity (Wildman–Crippen MR) is 92.7 cm³/mol. The monoisotopic (exact) mass is 373 g/mol. The van der Waals surface area contributed by atoms with Crippen LogP contribution in [0.5, 0.6) is 5.88 Å². The molecule has 10 heteroatoms. The fourth-order valence-corrected chi connectivity index (χ4v) is 2.32. The lowest BCUT2D eigenvalue weighted by molar-refractivity contribution is -0.131. The summed E-state index contributed by atoms with van der Waals surface area (Å²) in [6, 6.07) is 8.27. The van der Waals surface area contributed by atoms with Crippen LogP contribution in [-0.4, -0.2) is 41.4 Å². The summed E-state index contributed by atoms with van der Waals surface area (Å²) in [5.74, 6) is -2.30. The van der Waals surface area contributed by atoms with E-state index in [-0.39, 0.29) is 11.5 Å². The summed E-state index contributed by atoms with van der Waals surface area (Å²) < 4.78 is 4.88. The van der Waals surface area contributed by atoms with Gasteiger partial charge in [-0.1, -0.05) is 11.6 Å². The van der Waals surface area contributed by atoms with Crippen LogP contribution >= 0.6 is 11.6 Å². The number of imide groups is 2. The van der Waals surface area contributed by atoms with E-state index in [0.717, 1.165) is 11.1 Å². The number of nitrogens with zero attached hydrogens (tertiary/aromatic N) is 4. The van der Waals surface area contributed by atoms with Crippen molar-refractivity contribution in [3.63, 3.8) is 0 Å². The van der Waals surface area contributed by atoms with E-state index < -0.39 is 23.8 Å². The van der Waals surface area contributed by atoms with Gasteiger partial charge in [0.15, 0.2) is 11.7 Å². The molecule has 0 aliphatic carbocycles. The molecule has 1 aliphatic rings. The van der Waals surface area contributed by atoms with Gasteiger partial charge in [-0.15, -0.1) is 10.2 Å². The number of hydrogen-bond donors (Lipinski definition) is 1. The molecular formula is C16H12ClN5O4. The number of anilines is 1. The van der Waals surface area contributed by atoms with E-state index in [1.54, 1.807) is 0 Å². The number of methoxy groups -OCH3 is 1. The maximum absolute atomic E-state index is 12.6. The second kappa shape index (κ2) is 7.28. The summed E-state index contributed by atoms with van der Waals surface area (Å²) in [6.45, 7) is 0. The minimum atomic E-state index is -1.28. The summed E-state index contributed by atoms with van der Waals surface area (Å²) >= 11 is 5.81. The SMILES string of the molecule is COc1ccc(N=C[C@@H]2C(=O)NC(=O)N(c3ccc(Cl)cc3)C2=O)nn1. The molecule has 132 valence electrons. The van der Waals surface area contributed by atoms with E-state index in [9.17, 15) is 14.4 Å². The maximum Gasteiger partial charge on any atom is 0.335 e. The minimum Gasteiger partial charge on any atom is -0.480 e. The van der Waals surface area contributed by atoms with Gasteiger partial charge in [-0.05, 0) is 30.3 Å². The summed E-state index contributed by atoms with van der Waals surface area (Å²) in [6.07, 6.45) is 1.11. The van der Waals surface area contributed by atoms with Crippen LogP contribution in [0, 0.1) is 5.92 Å². The maximum atomic E-state index is 12.6. The molecule has 1 aliphatic heterocycles. The second-order valence-corrected chi connectivity index (χ2v) is 5.57. The van der Waals surface area contributed by atoms with Gasteiger partial charge < -0.3 is 4.74 Å². The van der Waals surface area contributed by atoms with Gasteiger partial charge in [-0.25, -0.2) is 14.7 Å². The highest BCUT2D eigenvalue weighted by atomic mass is 35.5. The fraction of sp³-hybridized carbons (Fsp3) is 0.125. The molecule has 0 radical (unpaired) electrons. The predicted octanol–water partition coefficient (Wildman–Crippen LogP) is 1.74. The van der Waals surface area contributed by atoms with E-state index in [4.69, 9.17) is 16.3 Å². The molecule has 2 heterocycles. The number of halogens is 1. The number of urea groups is 1. The highest BCUT2D eigenvalue weighted by molar-refractivity contribution is 6.33. The molecule has 1 fully saturated rings. The Morgan fingerprint density at radius 2 is 1.88 bits per heavy atom. The quantitative estimate of drug-likeness (QED) is 0.645. The van der Waals surface area contributed by atoms with Crippen molar-refractivity contribution in [3.8, 4) is 5.88 Å². The largest absolute Gasteiger partial charge is 0.480 e. The number of aromatic nitrogens is 2. The normalized spacial score (nSPS) is 17.5. The third kappa shape index (κ3) is 3.52. The zero-order valence-corrected chi connectivity index (χ0v) is 14.2. The summed E-state index contributed by atoms with van der Waals surface area (Å²) in [4.78, 5) is 41.5. The van der Waals surface area contributed by atoms with Crippen LogP contribution in [0.1, 0.15) is 0 Å². The Morgan fingerprint density at radius 3 is 2.50 bits per heavy atom. The number of rotatable bonds is 4. The van der Waals surface area contributed by atoms with Crippen LogP contribution in [0.2, 0.25) is 5.02 Å². The number of aliphatic imine (C=N–C) groups is 1. The Morgan fingerprint density at radius 1 is 1.15 bits per heavy atom. The number of barbiturate groups is 1. The topological polar surface area (TPSA) is 114 Å². The van der Waals surface area contributed by atoms with Gasteiger partial charge in [0.05, 0.1) is 12.8 Å². The Kier molecular flexibility index (Phi) is 4.90. The third-order valence-corrected chi connectivity index (χ3v) is 3.73. The van der Waals surface area contributed by atoms with Gasteiger partial charge in [-0.3, -0.25) is 14.9 Å². The number of carbonyl (C=O) groups is 3. The van der Waals surface area contributed by atoms with Gasteiger partial charge in [0, 0.05) is 17.3 Å². The van der Waals surface area contributed by atoms with Gasteiger partial charge in [0.2, 0.25) is 11.8 Å². The van der Waals surface area contributed by atoms with Crippen molar-refractivity contribution in [1.82, 2.24) is 15.5 Å². The highest BCUT2D eigenvalue weighted by Crippen LogP contribution is 2.22. The standard InChI is InChI=1S/C16H12ClN5O4/c1-26-13-7-6-12(20-21-13)18-8-11-14(23)19-16(25)22(15(11)24)10-4-2-9(17)3-5-10/h2-8,11H,1H3,(H,19,23,25)/t11-/m1/s1. The van der Waals surface area contributed by atoms with Crippen LogP contribution in [0.3, 0.4) is 0 Å². The zero-order valence-electron chi connectivity index (χ0n) is 13.4. The number of nitrogens with one attached hydrogen (secondary N) is 1. The summed E-state index contributed by atoms with van der Waals surface area (Å²) in [5.41, 5.74) is 0.284. The lowest BCUT2D eigenvalue weighted by Gasteiger charge is -2.28. The Hall–Kier alpha value is -3.33. The van der Waals surface area contributed by atoms with Crippen molar-refractivity contribution in [2.24, 2.45) is 10.9 Å². The molecule has 1 atom stereocenters. The second-order valence-electron chi connectivity index (χ2n) is 5.13. The fourth-order valence-electron chi connectivity index (χ4n) is 2.20. The zero-order chi connectivity index (χ0) is 18.7. The lowest BCUT2D eigenvalue weighted by Crippen LogP contribution is -2.58. The van der Waals surface area contributed by atoms with Crippen molar-refractivity contribution in [1.29, 1.82) is 0 Å². The first-order chi connectivity index (χ1) is 12.5. The first-order valence-corrected chi connectivity index (χ1v) is 7.73. The number of carbonyl (C=O) groups excluding carboxylic acids is 3. The molecule has 26 heavy (non-hydrogen) atoms. The number of amides is 4. The Balaban J connectivity index is 1.84. The molecule has 4 amide bonds. The highest BCUT2D eigenvalue weighted by Gasteiger charge is 2.40. The van der Waals surface area contributed by atoms with Crippen LogP contribution in [0.25, 0.3) is 0 Å². The average molecular weight is 374 g/mol. The molecule has 1 saturated heterocycles. The average Bonchev–Trinajstić information content (AvgIpc) is 2.63. The first-order valence-electron chi connectivity index (χ1n) is 7.36.